The number of nitrogens with two attached hydrogens (primary N) is 1. The molecule has 1 fully saturated rings. The first-order valence-electron chi connectivity index (χ1n) is 8.41. The highest BCUT2D eigenvalue weighted by molar-refractivity contribution is 6.40. The third-order valence-electron chi connectivity index (χ3n) is 4.17. The second-order valence-corrected chi connectivity index (χ2v) is 6.92. The van der Waals surface area contributed by atoms with Crippen molar-refractivity contribution in [3.05, 3.63) is 51.5 Å². The topological polar surface area (TPSA) is 99.9 Å². The van der Waals surface area contributed by atoms with Crippen LogP contribution in [0.4, 0.5) is 5.69 Å². The molecule has 2 amide bonds. The van der Waals surface area contributed by atoms with Gasteiger partial charge in [-0.15, -0.1) is 0 Å². The van der Waals surface area contributed by atoms with E-state index in [1.165, 1.54) is 19.2 Å². The fourth-order valence-corrected chi connectivity index (χ4v) is 3.30. The van der Waals surface area contributed by atoms with Crippen LogP contribution in [-0.2, 0) is 4.74 Å². The fourth-order valence-electron chi connectivity index (χ4n) is 2.72. The average Bonchev–Trinajstić information content (AvgIpc) is 3.17. The van der Waals surface area contributed by atoms with Crippen molar-refractivity contribution in [2.45, 2.75) is 12.5 Å². The van der Waals surface area contributed by atoms with Gasteiger partial charge in [-0.3, -0.25) is 9.59 Å². The summed E-state index contributed by atoms with van der Waals surface area (Å²) in [5, 5.41) is 2.84. The predicted octanol–water partition coefficient (Wildman–Crippen LogP) is 3.52. The summed E-state index contributed by atoms with van der Waals surface area (Å²) in [5.41, 5.74) is 5.87. The van der Waals surface area contributed by atoms with Gasteiger partial charge in [-0.1, -0.05) is 23.2 Å². The van der Waals surface area contributed by atoms with Crippen LogP contribution in [0.25, 0.3) is 0 Å². The number of halogens is 2. The van der Waals surface area contributed by atoms with Crippen LogP contribution in [0.3, 0.4) is 0 Å². The zero-order valence-electron chi connectivity index (χ0n) is 15.0. The van der Waals surface area contributed by atoms with Crippen molar-refractivity contribution < 1.29 is 23.8 Å². The molecule has 1 aliphatic heterocycles. The summed E-state index contributed by atoms with van der Waals surface area (Å²) in [7, 11) is 1.52. The van der Waals surface area contributed by atoms with E-state index >= 15 is 0 Å². The number of ether oxygens (including phenoxy) is 3. The molecule has 3 rings (SSSR count). The van der Waals surface area contributed by atoms with E-state index in [1.807, 2.05) is 0 Å². The molecule has 0 aliphatic carbocycles. The maximum absolute atomic E-state index is 12.7. The number of nitrogens with one attached hydrogen (secondary N) is 1. The van der Waals surface area contributed by atoms with Crippen LogP contribution in [0.15, 0.2) is 30.3 Å². The van der Waals surface area contributed by atoms with Crippen molar-refractivity contribution in [3.63, 3.8) is 0 Å². The van der Waals surface area contributed by atoms with E-state index < -0.39 is 11.8 Å². The number of primary amides is 1. The summed E-state index contributed by atoms with van der Waals surface area (Å²) in [6.07, 6.45) is 0.661. The summed E-state index contributed by atoms with van der Waals surface area (Å²) in [6, 6.07) is 7.49. The fraction of sp³-hybridized carbons (Fsp3) is 0.263. The molecule has 1 aliphatic rings. The Morgan fingerprint density at radius 1 is 1.14 bits per heavy atom. The van der Waals surface area contributed by atoms with Crippen LogP contribution in [0.5, 0.6) is 11.5 Å². The first-order chi connectivity index (χ1) is 13.4. The molecule has 0 saturated carbocycles. The van der Waals surface area contributed by atoms with Gasteiger partial charge >= 0.3 is 0 Å². The molecule has 1 heterocycles. The van der Waals surface area contributed by atoms with Crippen LogP contribution in [0.1, 0.15) is 27.1 Å². The Balaban J connectivity index is 1.83. The first kappa shape index (κ1) is 20.3. The molecule has 1 unspecified atom stereocenters. The van der Waals surface area contributed by atoms with Gasteiger partial charge in [0.1, 0.15) is 6.10 Å². The number of amides is 2. The van der Waals surface area contributed by atoms with Crippen LogP contribution >= 0.6 is 23.2 Å². The van der Waals surface area contributed by atoms with Gasteiger partial charge in [0.15, 0.2) is 11.5 Å². The highest BCUT2D eigenvalue weighted by Crippen LogP contribution is 2.34. The van der Waals surface area contributed by atoms with Gasteiger partial charge in [-0.05, 0) is 30.3 Å². The Morgan fingerprint density at radius 2 is 1.86 bits per heavy atom. The minimum absolute atomic E-state index is 0.0996. The maximum atomic E-state index is 12.7. The van der Waals surface area contributed by atoms with Gasteiger partial charge in [0.25, 0.3) is 5.91 Å². The van der Waals surface area contributed by atoms with E-state index in [2.05, 4.69) is 5.32 Å². The summed E-state index contributed by atoms with van der Waals surface area (Å²) in [6.45, 7) is 1.11. The Kier molecular flexibility index (Phi) is 6.28. The highest BCUT2D eigenvalue weighted by Gasteiger charge is 2.21. The maximum Gasteiger partial charge on any atom is 0.255 e. The standard InChI is InChI=1S/C19H18Cl2N2O5/c1-26-15-3-2-10(8-16(15)28-12-4-5-27-9-12)19(25)23-17-13(20)6-11(18(22)24)7-14(17)21/h2-3,6-8,12H,4-5,9H2,1H3,(H2,22,24)(H,23,25). The van der Waals surface area contributed by atoms with Crippen molar-refractivity contribution in [2.24, 2.45) is 5.73 Å². The van der Waals surface area contributed by atoms with Gasteiger partial charge in [0.2, 0.25) is 5.91 Å². The molecule has 28 heavy (non-hydrogen) atoms. The molecule has 0 spiro atoms. The van der Waals surface area contributed by atoms with Gasteiger partial charge in [0, 0.05) is 17.5 Å². The highest BCUT2D eigenvalue weighted by atomic mass is 35.5. The number of anilines is 1. The predicted molar refractivity (Wildman–Crippen MR) is 106 cm³/mol. The number of hydrogen-bond donors (Lipinski definition) is 2. The number of benzene rings is 2. The lowest BCUT2D eigenvalue weighted by Crippen LogP contribution is -2.17. The van der Waals surface area contributed by atoms with Crippen LogP contribution in [0.2, 0.25) is 10.0 Å². The molecule has 148 valence electrons. The van der Waals surface area contributed by atoms with Crippen molar-refractivity contribution in [1.29, 1.82) is 0 Å². The summed E-state index contributed by atoms with van der Waals surface area (Å²) in [5.74, 6) is -0.183. The molecule has 3 N–H and O–H groups in total. The van der Waals surface area contributed by atoms with Gasteiger partial charge < -0.3 is 25.3 Å². The van der Waals surface area contributed by atoms with Crippen LogP contribution < -0.4 is 20.5 Å². The van der Waals surface area contributed by atoms with Gasteiger partial charge in [-0.25, -0.2) is 0 Å². The third-order valence-corrected chi connectivity index (χ3v) is 4.77. The molecular weight excluding hydrogens is 407 g/mol. The van der Waals surface area contributed by atoms with Gasteiger partial charge in [-0.2, -0.15) is 0 Å². The van der Waals surface area contributed by atoms with E-state index in [9.17, 15) is 9.59 Å². The molecule has 9 heteroatoms. The Labute approximate surface area is 171 Å². The largest absolute Gasteiger partial charge is 0.493 e. The first-order valence-corrected chi connectivity index (χ1v) is 9.17. The second kappa shape index (κ2) is 8.68. The summed E-state index contributed by atoms with van der Waals surface area (Å²) < 4.78 is 16.5. The minimum Gasteiger partial charge on any atom is -0.493 e. The van der Waals surface area contributed by atoms with E-state index in [-0.39, 0.29) is 27.4 Å². The zero-order chi connectivity index (χ0) is 20.3. The van der Waals surface area contributed by atoms with Crippen LogP contribution in [-0.4, -0.2) is 38.2 Å². The molecule has 0 radical (unpaired) electrons. The SMILES string of the molecule is COc1ccc(C(=O)Nc2c(Cl)cc(C(N)=O)cc2Cl)cc1OC1CCOC1. The molecular formula is C19H18Cl2N2O5. The van der Waals surface area contributed by atoms with Crippen LogP contribution in [0, 0.1) is 0 Å². The number of hydrogen-bond acceptors (Lipinski definition) is 5. The Hall–Kier alpha value is -2.48. The Morgan fingerprint density at radius 3 is 2.43 bits per heavy atom. The van der Waals surface area contributed by atoms with E-state index in [0.717, 1.165) is 6.42 Å². The van der Waals surface area contributed by atoms with Gasteiger partial charge in [0.05, 0.1) is 36.1 Å². The van der Waals surface area contributed by atoms with Crippen molar-refractivity contribution in [3.8, 4) is 11.5 Å². The number of carbonyl (C=O) groups excluding carboxylic acids is 2. The molecule has 0 bridgehead atoms. The summed E-state index contributed by atoms with van der Waals surface area (Å²) in [4.78, 5) is 24.0. The number of rotatable bonds is 6. The minimum atomic E-state index is -0.672. The quantitative estimate of drug-likeness (QED) is 0.738. The number of carbonyl (C=O) groups is 2. The molecule has 7 nitrogen and oxygen atoms in total. The molecule has 1 atom stereocenters. The summed E-state index contributed by atoms with van der Waals surface area (Å²) >= 11 is 12.3. The average molecular weight is 425 g/mol. The molecule has 1 saturated heterocycles. The van der Waals surface area contributed by atoms with Crippen molar-refractivity contribution >= 4 is 40.7 Å². The van der Waals surface area contributed by atoms with Crippen molar-refractivity contribution in [1.82, 2.24) is 0 Å². The van der Waals surface area contributed by atoms with E-state index in [4.69, 9.17) is 43.1 Å². The second-order valence-electron chi connectivity index (χ2n) is 6.10. The molecule has 2 aromatic carbocycles. The third kappa shape index (κ3) is 4.49. The molecule has 0 aromatic heterocycles. The monoisotopic (exact) mass is 424 g/mol. The smallest absolute Gasteiger partial charge is 0.255 e. The normalized spacial score (nSPS) is 15.9. The Bertz CT molecular complexity index is 890. The zero-order valence-corrected chi connectivity index (χ0v) is 16.5. The van der Waals surface area contributed by atoms with Crippen molar-refractivity contribution in [2.75, 3.05) is 25.6 Å². The van der Waals surface area contributed by atoms with E-state index in [1.54, 1.807) is 18.2 Å². The van der Waals surface area contributed by atoms with E-state index in [0.29, 0.717) is 30.3 Å². The lowest BCUT2D eigenvalue weighted by Gasteiger charge is -2.16. The molecule has 2 aromatic rings. The number of methoxy groups -OCH3 is 1. The lowest BCUT2D eigenvalue weighted by atomic mass is 10.1. The lowest BCUT2D eigenvalue weighted by molar-refractivity contribution is 0.0998.